The number of nitrogens with one attached hydrogen (secondary N) is 3. The van der Waals surface area contributed by atoms with Crippen molar-refractivity contribution in [2.75, 3.05) is 197 Å². The van der Waals surface area contributed by atoms with Gasteiger partial charge in [0.1, 0.15) is 19.3 Å². The summed E-state index contributed by atoms with van der Waals surface area (Å²) in [5.41, 5.74) is 0.359. The zero-order valence-corrected chi connectivity index (χ0v) is 43.0. The third-order valence-corrected chi connectivity index (χ3v) is 10.4. The van der Waals surface area contributed by atoms with Crippen molar-refractivity contribution in [1.29, 1.82) is 0 Å². The van der Waals surface area contributed by atoms with Crippen molar-refractivity contribution < 1.29 is 105 Å². The van der Waals surface area contributed by atoms with E-state index in [1.54, 1.807) is 12.1 Å². The molecule has 2 aliphatic rings. The van der Waals surface area contributed by atoms with Gasteiger partial charge in [-0.15, -0.1) is 0 Å². The van der Waals surface area contributed by atoms with Crippen LogP contribution < -0.4 is 16.0 Å². The van der Waals surface area contributed by atoms with Crippen LogP contribution >= 0.6 is 0 Å². The summed E-state index contributed by atoms with van der Waals surface area (Å²) in [6.45, 7) is 10.8. The lowest BCUT2D eigenvalue weighted by molar-refractivity contribution is -0.144. The zero-order valence-electron chi connectivity index (χ0n) is 43.0. The first-order chi connectivity index (χ1) is 36.7. The van der Waals surface area contributed by atoms with E-state index in [2.05, 4.69) is 20.7 Å². The summed E-state index contributed by atoms with van der Waals surface area (Å²) < 4.78 is 76.0. The molecule has 2 heterocycles. The van der Waals surface area contributed by atoms with Crippen molar-refractivity contribution in [3.63, 3.8) is 0 Å². The third-order valence-electron chi connectivity index (χ3n) is 10.4. The van der Waals surface area contributed by atoms with Crippen LogP contribution in [0.5, 0.6) is 0 Å². The number of unbranched alkanes of at least 4 members (excludes halogenated alkanes) is 2. The molecule has 26 heteroatoms. The number of piperidine rings is 1. The van der Waals surface area contributed by atoms with Crippen molar-refractivity contribution >= 4 is 47.1 Å². The summed E-state index contributed by atoms with van der Waals surface area (Å²) in [5, 5.41) is 15.9. The minimum Gasteiger partial charge on any atom is -0.480 e. The molecule has 1 aromatic rings. The molecule has 6 amide bonds. The molecule has 0 aliphatic carbocycles. The lowest BCUT2D eigenvalue weighted by Gasteiger charge is -2.27. The van der Waals surface area contributed by atoms with Crippen molar-refractivity contribution in [1.82, 2.24) is 15.5 Å². The summed E-state index contributed by atoms with van der Waals surface area (Å²) in [6, 6.07) is 3.50. The first-order valence-corrected chi connectivity index (χ1v) is 25.4. The number of aliphatic carboxylic acids is 1. The molecule has 2 aliphatic heterocycles. The number of carbonyl (C=O) groups excluding carboxylic acids is 6. The second-order valence-electron chi connectivity index (χ2n) is 16.2. The van der Waals surface area contributed by atoms with E-state index >= 15 is 0 Å². The van der Waals surface area contributed by atoms with Gasteiger partial charge in [-0.1, -0.05) is 12.5 Å². The van der Waals surface area contributed by atoms with Crippen molar-refractivity contribution in [3.8, 4) is 0 Å². The fourth-order valence-corrected chi connectivity index (χ4v) is 6.78. The SMILES string of the molecule is O=C(O)COCC(=O)NCCOCCOCCOCCOCCOCCOCCOCCOCCOCCOCCOCCOCCOCCCCCC(=O)Nc1cccc2c1C(=O)N(C1CCC(=O)NC1=O)C2=O. The van der Waals surface area contributed by atoms with Crippen LogP contribution in [-0.4, -0.2) is 249 Å². The molecule has 26 nitrogen and oxygen atoms in total. The third kappa shape index (κ3) is 31.2. The average molecular weight is 1080 g/mol. The molecule has 0 saturated carbocycles. The molecular weight excluding hydrogens is 997 g/mol. The second-order valence-corrected chi connectivity index (χ2v) is 16.2. The maximum absolute atomic E-state index is 13.2. The highest BCUT2D eigenvalue weighted by Gasteiger charge is 2.45. The number of nitrogens with zero attached hydrogens (tertiary/aromatic N) is 1. The standard InChI is InChI=1S/C49H78N4O22/c54-42(51-40-6-4-5-39-46(40)49(61)53(48(39)60)41-8-9-43(55)52-47(41)59)7-2-1-3-11-62-13-15-64-17-19-66-21-23-68-25-27-70-29-31-72-33-35-74-36-34-73-32-30-71-28-26-69-24-22-67-20-18-65-16-14-63-12-10-50-44(56)37-75-38-45(57)58/h4-6,41H,1-3,7-38H2,(H,50,56)(H,51,54)(H,57,58)(H,52,55,59). The number of anilines is 1. The van der Waals surface area contributed by atoms with Crippen LogP contribution in [-0.2, 0) is 90.3 Å². The van der Waals surface area contributed by atoms with Gasteiger partial charge in [0.05, 0.1) is 182 Å². The minimum absolute atomic E-state index is 0.0208. The van der Waals surface area contributed by atoms with Crippen molar-refractivity contribution in [2.45, 2.75) is 44.6 Å². The number of carboxylic acids is 1. The Kier molecular flexibility index (Phi) is 37.4. The molecule has 1 unspecified atom stereocenters. The van der Waals surface area contributed by atoms with Crippen LogP contribution in [0.4, 0.5) is 5.69 Å². The number of imide groups is 2. The number of fused-ring (bicyclic) bond motifs is 1. The summed E-state index contributed by atoms with van der Waals surface area (Å²) in [6.07, 6.45) is 2.39. The summed E-state index contributed by atoms with van der Waals surface area (Å²) >= 11 is 0. The van der Waals surface area contributed by atoms with Gasteiger partial charge in [0.2, 0.25) is 23.6 Å². The summed E-state index contributed by atoms with van der Waals surface area (Å²) in [5.74, 6) is -4.29. The Labute approximate surface area is 437 Å². The smallest absolute Gasteiger partial charge is 0.329 e. The Morgan fingerprint density at radius 2 is 0.933 bits per heavy atom. The van der Waals surface area contributed by atoms with Gasteiger partial charge in [0.15, 0.2) is 0 Å². The molecule has 426 valence electrons. The quantitative estimate of drug-likeness (QED) is 0.0494. The van der Waals surface area contributed by atoms with E-state index in [1.165, 1.54) is 6.07 Å². The number of amides is 6. The van der Waals surface area contributed by atoms with Crippen LogP contribution in [0.25, 0.3) is 0 Å². The van der Waals surface area contributed by atoms with Gasteiger partial charge in [-0.3, -0.25) is 39.0 Å². The van der Waals surface area contributed by atoms with Crippen LogP contribution in [0.15, 0.2) is 18.2 Å². The highest BCUT2D eigenvalue weighted by molar-refractivity contribution is 6.26. The van der Waals surface area contributed by atoms with Gasteiger partial charge >= 0.3 is 5.97 Å². The number of carbonyl (C=O) groups is 7. The van der Waals surface area contributed by atoms with Gasteiger partial charge < -0.3 is 82.1 Å². The van der Waals surface area contributed by atoms with E-state index in [-0.39, 0.29) is 55.1 Å². The summed E-state index contributed by atoms with van der Waals surface area (Å²) in [7, 11) is 0. The zero-order chi connectivity index (χ0) is 53.8. The molecule has 0 radical (unpaired) electrons. The van der Waals surface area contributed by atoms with Gasteiger partial charge in [-0.05, 0) is 31.4 Å². The fourth-order valence-electron chi connectivity index (χ4n) is 6.78. The van der Waals surface area contributed by atoms with Crippen LogP contribution in [0.1, 0.15) is 59.2 Å². The lowest BCUT2D eigenvalue weighted by Crippen LogP contribution is -2.54. The molecule has 0 aromatic heterocycles. The molecule has 1 saturated heterocycles. The monoisotopic (exact) mass is 1070 g/mol. The number of rotatable bonds is 51. The van der Waals surface area contributed by atoms with E-state index in [0.29, 0.717) is 178 Å². The van der Waals surface area contributed by atoms with E-state index in [0.717, 1.165) is 17.7 Å². The number of benzene rings is 1. The molecule has 1 atom stereocenters. The normalized spacial score (nSPS) is 14.4. The van der Waals surface area contributed by atoms with Gasteiger partial charge in [-0.25, -0.2) is 4.79 Å². The number of carboxylic acid groups (broad SMARTS) is 1. The second kappa shape index (κ2) is 43.5. The Bertz CT molecular complexity index is 1780. The van der Waals surface area contributed by atoms with Crippen LogP contribution in [0.3, 0.4) is 0 Å². The predicted molar refractivity (Wildman–Crippen MR) is 262 cm³/mol. The minimum atomic E-state index is -1.13. The highest BCUT2D eigenvalue weighted by Crippen LogP contribution is 2.32. The van der Waals surface area contributed by atoms with Crippen molar-refractivity contribution in [2.24, 2.45) is 0 Å². The summed E-state index contributed by atoms with van der Waals surface area (Å²) in [4.78, 5) is 85.4. The lowest BCUT2D eigenvalue weighted by atomic mass is 10.0. The topological polar surface area (TPSA) is 308 Å². The first kappa shape index (κ1) is 64.6. The highest BCUT2D eigenvalue weighted by atomic mass is 16.6. The maximum atomic E-state index is 13.2. The number of hydrogen-bond donors (Lipinski definition) is 4. The molecule has 1 fully saturated rings. The largest absolute Gasteiger partial charge is 0.480 e. The Balaban J connectivity index is 0.932. The van der Waals surface area contributed by atoms with Crippen LogP contribution in [0.2, 0.25) is 0 Å². The average Bonchev–Trinajstić information content (AvgIpc) is 3.64. The number of hydrogen-bond acceptors (Lipinski definition) is 21. The van der Waals surface area contributed by atoms with Gasteiger partial charge in [-0.2, -0.15) is 0 Å². The van der Waals surface area contributed by atoms with E-state index in [4.69, 9.17) is 66.7 Å². The predicted octanol–water partition coefficient (Wildman–Crippen LogP) is 0.0199. The van der Waals surface area contributed by atoms with Crippen LogP contribution in [0, 0.1) is 0 Å². The molecule has 4 N–H and O–H groups in total. The molecular formula is C49H78N4O22. The van der Waals surface area contributed by atoms with E-state index < -0.39 is 48.2 Å². The van der Waals surface area contributed by atoms with E-state index in [9.17, 15) is 33.6 Å². The van der Waals surface area contributed by atoms with Crippen molar-refractivity contribution in [3.05, 3.63) is 29.3 Å². The fraction of sp³-hybridized carbons (Fsp3) is 0.735. The molecule has 1 aromatic carbocycles. The maximum Gasteiger partial charge on any atom is 0.329 e. The number of ether oxygens (including phenoxy) is 14. The Morgan fingerprint density at radius 3 is 1.36 bits per heavy atom. The molecule has 0 spiro atoms. The molecule has 3 rings (SSSR count). The Hall–Kier alpha value is -4.65. The molecule has 0 bridgehead atoms. The van der Waals surface area contributed by atoms with Gasteiger partial charge in [0, 0.05) is 26.0 Å². The van der Waals surface area contributed by atoms with Gasteiger partial charge in [0.25, 0.3) is 11.8 Å². The Morgan fingerprint density at radius 1 is 0.507 bits per heavy atom. The first-order valence-electron chi connectivity index (χ1n) is 25.4. The molecule has 75 heavy (non-hydrogen) atoms. The van der Waals surface area contributed by atoms with E-state index in [1.807, 2.05) is 0 Å².